The molecule has 1 aromatic carbocycles. The minimum atomic E-state index is -0.264. The van der Waals surface area contributed by atoms with E-state index in [4.69, 9.17) is 11.6 Å². The number of halogens is 2. The van der Waals surface area contributed by atoms with E-state index >= 15 is 0 Å². The number of benzene rings is 1. The Bertz CT molecular complexity index is 383. The molecule has 4 heteroatoms. The summed E-state index contributed by atoms with van der Waals surface area (Å²) in [5.41, 5.74) is 0.911. The lowest BCUT2D eigenvalue weighted by molar-refractivity contribution is 0.211. The van der Waals surface area contributed by atoms with Crippen molar-refractivity contribution in [3.8, 4) is 0 Å². The number of nitrogens with zero attached hydrogens (tertiary/aromatic N) is 1. The van der Waals surface area contributed by atoms with Crippen LogP contribution in [0.25, 0.3) is 0 Å². The highest BCUT2D eigenvalue weighted by molar-refractivity contribution is 6.30. The third-order valence-electron chi connectivity index (χ3n) is 3.82. The molecule has 2 nitrogen and oxygen atoms in total. The molecule has 0 atom stereocenters. The van der Waals surface area contributed by atoms with Gasteiger partial charge in [-0.1, -0.05) is 11.6 Å². The molecule has 1 N–H and O–H groups in total. The molecule has 1 aliphatic rings. The van der Waals surface area contributed by atoms with Crippen LogP contribution in [0.1, 0.15) is 24.8 Å². The van der Waals surface area contributed by atoms with E-state index in [0.717, 1.165) is 18.0 Å². The number of hydrogen-bond acceptors (Lipinski definition) is 2. The van der Waals surface area contributed by atoms with E-state index in [-0.39, 0.29) is 5.82 Å². The Hall–Kier alpha value is -0.640. The van der Waals surface area contributed by atoms with E-state index in [1.165, 1.54) is 44.5 Å². The molecule has 1 aliphatic heterocycles. The predicted molar refractivity (Wildman–Crippen MR) is 78.0 cm³/mol. The van der Waals surface area contributed by atoms with E-state index in [1.807, 2.05) is 6.07 Å². The molecule has 1 saturated heterocycles. The Morgan fingerprint density at radius 3 is 2.74 bits per heavy atom. The lowest BCUT2D eigenvalue weighted by Crippen LogP contribution is -2.31. The zero-order chi connectivity index (χ0) is 13.7. The van der Waals surface area contributed by atoms with E-state index < -0.39 is 0 Å². The van der Waals surface area contributed by atoms with E-state index in [1.54, 1.807) is 0 Å². The molecule has 0 unspecified atom stereocenters. The highest BCUT2D eigenvalue weighted by atomic mass is 35.5. The van der Waals surface area contributed by atoms with Gasteiger partial charge in [-0.15, -0.1) is 0 Å². The summed E-state index contributed by atoms with van der Waals surface area (Å²) in [5.74, 6) is 0.569. The molecule has 0 aromatic heterocycles. The smallest absolute Gasteiger partial charge is 0.125 e. The van der Waals surface area contributed by atoms with E-state index in [2.05, 4.69) is 17.3 Å². The van der Waals surface area contributed by atoms with Crippen LogP contribution in [0.5, 0.6) is 0 Å². The molecular weight excluding hydrogens is 263 g/mol. The van der Waals surface area contributed by atoms with Crippen molar-refractivity contribution in [2.24, 2.45) is 5.92 Å². The molecule has 0 spiro atoms. The molecule has 1 fully saturated rings. The van der Waals surface area contributed by atoms with Gasteiger partial charge in [0.1, 0.15) is 5.82 Å². The normalized spacial score (nSPS) is 17.8. The van der Waals surface area contributed by atoms with Crippen molar-refractivity contribution in [1.82, 2.24) is 10.2 Å². The van der Waals surface area contributed by atoms with Gasteiger partial charge in [-0.3, -0.25) is 0 Å². The quantitative estimate of drug-likeness (QED) is 0.835. The van der Waals surface area contributed by atoms with Crippen LogP contribution in [0.15, 0.2) is 18.2 Å². The zero-order valence-electron chi connectivity index (χ0n) is 11.5. The van der Waals surface area contributed by atoms with Crippen molar-refractivity contribution in [1.29, 1.82) is 0 Å². The molecule has 1 aromatic rings. The fourth-order valence-electron chi connectivity index (χ4n) is 2.60. The van der Waals surface area contributed by atoms with E-state index in [0.29, 0.717) is 11.6 Å². The van der Waals surface area contributed by atoms with Crippen molar-refractivity contribution in [3.63, 3.8) is 0 Å². The highest BCUT2D eigenvalue weighted by Crippen LogP contribution is 2.19. The second-order valence-corrected chi connectivity index (χ2v) is 5.93. The van der Waals surface area contributed by atoms with Gasteiger partial charge in [0, 0.05) is 11.6 Å². The van der Waals surface area contributed by atoms with Crippen molar-refractivity contribution in [3.05, 3.63) is 34.6 Å². The summed E-state index contributed by atoms with van der Waals surface area (Å²) in [6.07, 6.45) is 3.80. The Labute approximate surface area is 119 Å². The molecule has 0 saturated carbocycles. The number of likely N-dealkylation sites (tertiary alicyclic amines) is 1. The zero-order valence-corrected chi connectivity index (χ0v) is 12.2. The summed E-state index contributed by atoms with van der Waals surface area (Å²) in [6.45, 7) is 4.10. The first-order valence-corrected chi connectivity index (χ1v) is 7.35. The van der Waals surface area contributed by atoms with Gasteiger partial charge in [-0.2, -0.15) is 0 Å². The first-order valence-electron chi connectivity index (χ1n) is 6.98. The molecule has 1 heterocycles. The van der Waals surface area contributed by atoms with Gasteiger partial charge >= 0.3 is 0 Å². The number of hydrogen-bond donors (Lipinski definition) is 1. The molecule has 0 bridgehead atoms. The minimum absolute atomic E-state index is 0.264. The van der Waals surface area contributed by atoms with Crippen LogP contribution in [-0.2, 0) is 6.54 Å². The molecule has 0 radical (unpaired) electrons. The van der Waals surface area contributed by atoms with Gasteiger partial charge in [0.15, 0.2) is 0 Å². The first-order chi connectivity index (χ1) is 9.13. The van der Waals surface area contributed by atoms with Crippen molar-refractivity contribution >= 4 is 11.6 Å². The molecular formula is C15H22ClFN2. The van der Waals surface area contributed by atoms with Gasteiger partial charge in [-0.25, -0.2) is 4.39 Å². The van der Waals surface area contributed by atoms with E-state index in [9.17, 15) is 4.39 Å². The van der Waals surface area contributed by atoms with Gasteiger partial charge in [-0.05, 0) is 75.6 Å². The van der Waals surface area contributed by atoms with Crippen LogP contribution in [0.2, 0.25) is 5.02 Å². The Morgan fingerprint density at radius 1 is 1.32 bits per heavy atom. The molecule has 2 rings (SSSR count). The van der Waals surface area contributed by atoms with Crippen LogP contribution in [0, 0.1) is 11.7 Å². The summed E-state index contributed by atoms with van der Waals surface area (Å²) in [6, 6.07) is 4.69. The lowest BCUT2D eigenvalue weighted by atomic mass is 9.94. The largest absolute Gasteiger partial charge is 0.313 e. The molecule has 0 amide bonds. The maximum absolute atomic E-state index is 13.1. The van der Waals surface area contributed by atoms with Crippen LogP contribution < -0.4 is 5.32 Å². The van der Waals surface area contributed by atoms with Crippen molar-refractivity contribution in [2.75, 3.05) is 26.7 Å². The molecule has 19 heavy (non-hydrogen) atoms. The SMILES string of the molecule is CN1CCC(CCNCc2cc(F)cc(Cl)c2)CC1. The topological polar surface area (TPSA) is 15.3 Å². The monoisotopic (exact) mass is 284 g/mol. The fourth-order valence-corrected chi connectivity index (χ4v) is 2.85. The van der Waals surface area contributed by atoms with Crippen molar-refractivity contribution < 1.29 is 4.39 Å². The maximum Gasteiger partial charge on any atom is 0.125 e. The molecule has 106 valence electrons. The highest BCUT2D eigenvalue weighted by Gasteiger charge is 2.15. The summed E-state index contributed by atoms with van der Waals surface area (Å²) >= 11 is 5.83. The Balaban J connectivity index is 1.66. The van der Waals surface area contributed by atoms with Gasteiger partial charge in [0.2, 0.25) is 0 Å². The van der Waals surface area contributed by atoms with Crippen LogP contribution in [-0.4, -0.2) is 31.6 Å². The van der Waals surface area contributed by atoms with Crippen LogP contribution in [0.3, 0.4) is 0 Å². The summed E-state index contributed by atoms with van der Waals surface area (Å²) in [7, 11) is 2.18. The first kappa shape index (κ1) is 14.8. The van der Waals surface area contributed by atoms with Crippen LogP contribution >= 0.6 is 11.6 Å². The van der Waals surface area contributed by atoms with Gasteiger partial charge < -0.3 is 10.2 Å². The second kappa shape index (κ2) is 7.22. The summed E-state index contributed by atoms with van der Waals surface area (Å²) < 4.78 is 13.1. The predicted octanol–water partition coefficient (Wildman–Crippen LogP) is 3.30. The number of piperidine rings is 1. The lowest BCUT2D eigenvalue weighted by Gasteiger charge is -2.28. The minimum Gasteiger partial charge on any atom is -0.313 e. The maximum atomic E-state index is 13.1. The summed E-state index contributed by atoms with van der Waals surface area (Å²) in [4.78, 5) is 2.39. The third-order valence-corrected chi connectivity index (χ3v) is 4.04. The van der Waals surface area contributed by atoms with Crippen molar-refractivity contribution in [2.45, 2.75) is 25.8 Å². The number of nitrogens with one attached hydrogen (secondary N) is 1. The summed E-state index contributed by atoms with van der Waals surface area (Å²) in [5, 5.41) is 3.84. The molecule has 0 aliphatic carbocycles. The Kier molecular flexibility index (Phi) is 5.61. The van der Waals surface area contributed by atoms with Gasteiger partial charge in [0.05, 0.1) is 0 Å². The standard InChI is InChI=1S/C15H22ClFN2/c1-19-6-3-12(4-7-19)2-5-18-11-13-8-14(16)10-15(17)9-13/h8-10,12,18H,2-7,11H2,1H3. The average molecular weight is 285 g/mol. The van der Waals surface area contributed by atoms with Crippen LogP contribution in [0.4, 0.5) is 4.39 Å². The van der Waals surface area contributed by atoms with Gasteiger partial charge in [0.25, 0.3) is 0 Å². The number of rotatable bonds is 5. The average Bonchev–Trinajstić information content (AvgIpc) is 2.36. The fraction of sp³-hybridized carbons (Fsp3) is 0.600. The Morgan fingerprint density at radius 2 is 2.05 bits per heavy atom. The third kappa shape index (κ3) is 5.09. The second-order valence-electron chi connectivity index (χ2n) is 5.49.